The molecular formula is C20H18O5. The molecular weight excluding hydrogens is 320 g/mol. The van der Waals surface area contributed by atoms with Crippen molar-refractivity contribution < 1.29 is 23.9 Å². The predicted molar refractivity (Wildman–Crippen MR) is 89.7 cm³/mol. The van der Waals surface area contributed by atoms with E-state index >= 15 is 0 Å². The standard InChI is InChI=1S/C20H18O5/c1-2-24-19(22)16-15(17(21)13-9-5-3-6-10-13)20(23)25-18(16)14-11-7-4-8-12-14/h3-12,15-16,18H,2H2,1H3/t15-,16+,18+/m0/s1. The van der Waals surface area contributed by atoms with Crippen LogP contribution in [0.3, 0.4) is 0 Å². The molecule has 5 heteroatoms. The van der Waals surface area contributed by atoms with Crippen molar-refractivity contribution in [2.24, 2.45) is 11.8 Å². The Kier molecular flexibility index (Phi) is 4.93. The molecule has 1 fully saturated rings. The van der Waals surface area contributed by atoms with Gasteiger partial charge >= 0.3 is 11.9 Å². The number of carbonyl (C=O) groups excluding carboxylic acids is 3. The molecule has 3 atom stereocenters. The Morgan fingerprint density at radius 2 is 1.60 bits per heavy atom. The number of hydrogen-bond donors (Lipinski definition) is 0. The molecule has 25 heavy (non-hydrogen) atoms. The molecule has 0 radical (unpaired) electrons. The summed E-state index contributed by atoms with van der Waals surface area (Å²) in [4.78, 5) is 37.8. The van der Waals surface area contributed by atoms with E-state index in [2.05, 4.69) is 0 Å². The van der Waals surface area contributed by atoms with Crippen LogP contribution in [0.25, 0.3) is 0 Å². The SMILES string of the molecule is CCOC(=O)[C@@H]1[C@@H](C(=O)c2ccccc2)C(=O)O[C@@H]1c1ccccc1. The molecule has 0 amide bonds. The zero-order chi connectivity index (χ0) is 17.8. The number of benzene rings is 2. The van der Waals surface area contributed by atoms with E-state index in [0.717, 1.165) is 0 Å². The number of ketones is 1. The van der Waals surface area contributed by atoms with Crippen LogP contribution >= 0.6 is 0 Å². The van der Waals surface area contributed by atoms with E-state index in [4.69, 9.17) is 9.47 Å². The second kappa shape index (κ2) is 7.30. The second-order valence-electron chi connectivity index (χ2n) is 5.75. The first kappa shape index (κ1) is 16.9. The summed E-state index contributed by atoms with van der Waals surface area (Å²) < 4.78 is 10.5. The molecule has 0 aliphatic carbocycles. The minimum absolute atomic E-state index is 0.164. The Morgan fingerprint density at radius 1 is 1.00 bits per heavy atom. The van der Waals surface area contributed by atoms with Gasteiger partial charge in [-0.05, 0) is 12.5 Å². The lowest BCUT2D eigenvalue weighted by Gasteiger charge is -2.19. The normalized spacial score (nSPS) is 22.3. The highest BCUT2D eigenvalue weighted by molar-refractivity contribution is 6.12. The summed E-state index contributed by atoms with van der Waals surface area (Å²) in [6, 6.07) is 17.4. The van der Waals surface area contributed by atoms with Crippen molar-refractivity contribution in [1.82, 2.24) is 0 Å². The van der Waals surface area contributed by atoms with Crippen molar-refractivity contribution in [1.29, 1.82) is 0 Å². The van der Waals surface area contributed by atoms with Crippen LogP contribution in [0.15, 0.2) is 60.7 Å². The number of carbonyl (C=O) groups is 3. The van der Waals surface area contributed by atoms with E-state index in [1.54, 1.807) is 61.5 Å². The molecule has 128 valence electrons. The monoisotopic (exact) mass is 338 g/mol. The van der Waals surface area contributed by atoms with Gasteiger partial charge in [-0.2, -0.15) is 0 Å². The molecule has 2 aromatic carbocycles. The van der Waals surface area contributed by atoms with Gasteiger partial charge in [-0.1, -0.05) is 60.7 Å². The van der Waals surface area contributed by atoms with Crippen molar-refractivity contribution in [3.63, 3.8) is 0 Å². The molecule has 0 N–H and O–H groups in total. The Balaban J connectivity index is 1.99. The largest absolute Gasteiger partial charge is 0.466 e. The fraction of sp³-hybridized carbons (Fsp3) is 0.250. The van der Waals surface area contributed by atoms with E-state index in [-0.39, 0.29) is 6.61 Å². The van der Waals surface area contributed by atoms with E-state index in [0.29, 0.717) is 11.1 Å². The van der Waals surface area contributed by atoms with Crippen LogP contribution in [-0.2, 0) is 19.1 Å². The van der Waals surface area contributed by atoms with Crippen LogP contribution < -0.4 is 0 Å². The topological polar surface area (TPSA) is 69.7 Å². The lowest BCUT2D eigenvalue weighted by Crippen LogP contribution is -2.33. The Hall–Kier alpha value is -2.95. The molecule has 1 aliphatic rings. The van der Waals surface area contributed by atoms with Crippen molar-refractivity contribution in [2.75, 3.05) is 6.61 Å². The quantitative estimate of drug-likeness (QED) is 0.476. The summed E-state index contributed by atoms with van der Waals surface area (Å²) in [6.45, 7) is 1.85. The maximum Gasteiger partial charge on any atom is 0.318 e. The minimum Gasteiger partial charge on any atom is -0.466 e. The minimum atomic E-state index is -1.20. The van der Waals surface area contributed by atoms with Crippen LogP contribution in [0.1, 0.15) is 28.9 Å². The zero-order valence-electron chi connectivity index (χ0n) is 13.8. The van der Waals surface area contributed by atoms with Crippen molar-refractivity contribution in [3.8, 4) is 0 Å². The first-order valence-corrected chi connectivity index (χ1v) is 8.14. The fourth-order valence-electron chi connectivity index (χ4n) is 3.06. The van der Waals surface area contributed by atoms with E-state index in [1.807, 2.05) is 6.07 Å². The molecule has 3 rings (SSSR count). The van der Waals surface area contributed by atoms with Gasteiger partial charge in [0.15, 0.2) is 5.78 Å². The van der Waals surface area contributed by atoms with Gasteiger partial charge in [-0.3, -0.25) is 14.4 Å². The van der Waals surface area contributed by atoms with Gasteiger partial charge in [0.1, 0.15) is 17.9 Å². The molecule has 1 heterocycles. The average molecular weight is 338 g/mol. The maximum atomic E-state index is 12.8. The Labute approximate surface area is 145 Å². The molecule has 0 saturated carbocycles. The van der Waals surface area contributed by atoms with Crippen molar-refractivity contribution >= 4 is 17.7 Å². The second-order valence-corrected chi connectivity index (χ2v) is 5.75. The highest BCUT2D eigenvalue weighted by Gasteiger charge is 2.53. The average Bonchev–Trinajstić information content (AvgIpc) is 3.00. The van der Waals surface area contributed by atoms with Crippen LogP contribution in [-0.4, -0.2) is 24.3 Å². The van der Waals surface area contributed by atoms with Gasteiger partial charge in [-0.25, -0.2) is 0 Å². The predicted octanol–water partition coefficient (Wildman–Crippen LogP) is 2.96. The maximum absolute atomic E-state index is 12.8. The molecule has 0 bridgehead atoms. The summed E-state index contributed by atoms with van der Waals surface area (Å²) in [5.74, 6) is -3.92. The van der Waals surface area contributed by atoms with Crippen LogP contribution in [0.5, 0.6) is 0 Å². The highest BCUT2D eigenvalue weighted by Crippen LogP contribution is 2.41. The Morgan fingerprint density at radius 3 is 2.20 bits per heavy atom. The molecule has 1 saturated heterocycles. The first-order valence-electron chi connectivity index (χ1n) is 8.14. The first-order chi connectivity index (χ1) is 12.1. The zero-order valence-corrected chi connectivity index (χ0v) is 13.8. The molecule has 0 aromatic heterocycles. The summed E-state index contributed by atoms with van der Waals surface area (Å²) in [5, 5.41) is 0. The lowest BCUT2D eigenvalue weighted by atomic mass is 9.82. The van der Waals surface area contributed by atoms with E-state index in [1.165, 1.54) is 0 Å². The van der Waals surface area contributed by atoms with Gasteiger partial charge < -0.3 is 9.47 Å². The molecule has 1 aliphatic heterocycles. The van der Waals surface area contributed by atoms with Gasteiger partial charge in [0.2, 0.25) is 0 Å². The smallest absolute Gasteiger partial charge is 0.318 e. The third-order valence-electron chi connectivity index (χ3n) is 4.21. The number of Topliss-reactive ketones (excluding diaryl/α,β-unsaturated/α-hetero) is 1. The molecule has 2 aromatic rings. The number of esters is 2. The van der Waals surface area contributed by atoms with Crippen LogP contribution in [0, 0.1) is 11.8 Å². The van der Waals surface area contributed by atoms with Gasteiger partial charge in [0.05, 0.1) is 6.61 Å². The van der Waals surface area contributed by atoms with Crippen LogP contribution in [0.4, 0.5) is 0 Å². The van der Waals surface area contributed by atoms with Crippen molar-refractivity contribution in [2.45, 2.75) is 13.0 Å². The summed E-state index contributed by atoms with van der Waals surface area (Å²) in [7, 11) is 0. The van der Waals surface area contributed by atoms with Gasteiger partial charge in [0, 0.05) is 5.56 Å². The van der Waals surface area contributed by atoms with Crippen molar-refractivity contribution in [3.05, 3.63) is 71.8 Å². The lowest BCUT2D eigenvalue weighted by molar-refractivity contribution is -0.150. The number of rotatable bonds is 5. The van der Waals surface area contributed by atoms with Gasteiger partial charge in [0.25, 0.3) is 0 Å². The van der Waals surface area contributed by atoms with Gasteiger partial charge in [-0.15, -0.1) is 0 Å². The van der Waals surface area contributed by atoms with E-state index in [9.17, 15) is 14.4 Å². The third-order valence-corrected chi connectivity index (χ3v) is 4.21. The van der Waals surface area contributed by atoms with Crippen LogP contribution in [0.2, 0.25) is 0 Å². The number of cyclic esters (lactones) is 1. The number of hydrogen-bond acceptors (Lipinski definition) is 5. The molecule has 0 spiro atoms. The highest BCUT2D eigenvalue weighted by atomic mass is 16.6. The number of ether oxygens (including phenoxy) is 2. The molecule has 0 unspecified atom stereocenters. The van der Waals surface area contributed by atoms with E-state index < -0.39 is 35.7 Å². The molecule has 5 nitrogen and oxygen atoms in total. The summed E-state index contributed by atoms with van der Waals surface area (Å²) in [5.41, 5.74) is 1.03. The summed E-state index contributed by atoms with van der Waals surface area (Å²) in [6.07, 6.45) is -0.828. The third kappa shape index (κ3) is 3.31. The summed E-state index contributed by atoms with van der Waals surface area (Å²) >= 11 is 0. The fourth-order valence-corrected chi connectivity index (χ4v) is 3.06. The Bertz CT molecular complexity index is 769.